The molecule has 3 fully saturated rings. The van der Waals surface area contributed by atoms with Crippen LogP contribution in [0.1, 0.15) is 99.5 Å². The van der Waals surface area contributed by atoms with Crippen LogP contribution in [-0.4, -0.2) is 137 Å². The zero-order valence-electron chi connectivity index (χ0n) is 43.9. The highest BCUT2D eigenvalue weighted by atomic mass is 33.1. The van der Waals surface area contributed by atoms with Crippen molar-refractivity contribution in [2.24, 2.45) is 22.7 Å². The molecule has 0 aromatic heterocycles. The molecule has 11 atom stereocenters. The average Bonchev–Trinajstić information content (AvgIpc) is 3.42. The number of benzene rings is 3. The third kappa shape index (κ3) is 12.9. The minimum atomic E-state index is -1.97. The summed E-state index contributed by atoms with van der Waals surface area (Å²) < 4.78 is 47.6. The first kappa shape index (κ1) is 58.9. The van der Waals surface area contributed by atoms with Crippen LogP contribution in [0.3, 0.4) is 0 Å². The molecule has 4 aliphatic rings. The van der Waals surface area contributed by atoms with Crippen LogP contribution in [0.4, 0.5) is 4.79 Å². The zero-order chi connectivity index (χ0) is 56.5. The topological polar surface area (TPSA) is 280 Å². The van der Waals surface area contributed by atoms with E-state index >= 15 is 9.59 Å². The molecule has 78 heavy (non-hydrogen) atoms. The lowest BCUT2D eigenvalue weighted by atomic mass is 9.46. The number of ketones is 1. The van der Waals surface area contributed by atoms with Crippen molar-refractivity contribution in [3.63, 3.8) is 0 Å². The molecule has 1 aliphatic heterocycles. The van der Waals surface area contributed by atoms with Crippen molar-refractivity contribution in [1.82, 2.24) is 5.32 Å². The molecular weight excluding hydrogens is 1050 g/mol. The van der Waals surface area contributed by atoms with Crippen LogP contribution in [0.25, 0.3) is 0 Å². The molecule has 1 amide bonds. The second kappa shape index (κ2) is 25.4. The maximum Gasteiger partial charge on any atom is 0.509 e. The highest BCUT2D eigenvalue weighted by Gasteiger charge is 2.75. The number of carbonyl (C=O) groups excluding carboxylic acids is 8. The predicted molar refractivity (Wildman–Crippen MR) is 279 cm³/mol. The van der Waals surface area contributed by atoms with Crippen molar-refractivity contribution in [3.05, 3.63) is 119 Å². The van der Waals surface area contributed by atoms with Gasteiger partial charge in [-0.15, -0.1) is 0 Å². The lowest BCUT2D eigenvalue weighted by Gasteiger charge is -2.66. The number of carbonyl (C=O) groups is 9. The van der Waals surface area contributed by atoms with Gasteiger partial charge in [0.25, 0.3) is 5.91 Å². The van der Waals surface area contributed by atoms with Gasteiger partial charge in [-0.1, -0.05) is 102 Å². The second-order valence-electron chi connectivity index (χ2n) is 20.2. The molecule has 3 unspecified atom stereocenters. The number of amides is 1. The number of ether oxygens (including phenoxy) is 8. The summed E-state index contributed by atoms with van der Waals surface area (Å²) in [6.45, 7) is 8.43. The molecule has 0 radical (unpaired) electrons. The lowest BCUT2D eigenvalue weighted by molar-refractivity contribution is -0.335. The number of aliphatic hydroxyl groups is 1. The van der Waals surface area contributed by atoms with Gasteiger partial charge >= 0.3 is 42.0 Å². The van der Waals surface area contributed by atoms with E-state index < -0.39 is 125 Å². The van der Waals surface area contributed by atoms with Gasteiger partial charge < -0.3 is 53.4 Å². The van der Waals surface area contributed by atoms with Gasteiger partial charge in [-0.25, -0.2) is 14.4 Å². The van der Waals surface area contributed by atoms with Gasteiger partial charge in [0.15, 0.2) is 17.5 Å². The maximum atomic E-state index is 15.8. The SMILES string of the molecule is CC(=O)O[C@H]1C(=O)[C@@]2(C)[C@H]([C@H](OC(=O)c3ccccc3)C3CC(OC(=O)[C@H](OC(=O)OCCSSCCOC(=O)CCC(=O)O)C(NC(=O)c4ccccc4)c4ccccc4)C(C)=C1C3(C)C)[C@]1(OC(C)=O)CO[C@@H]1C[C@@H]2O. The van der Waals surface area contributed by atoms with Crippen LogP contribution in [-0.2, 0) is 66.7 Å². The molecule has 3 aromatic carbocycles. The van der Waals surface area contributed by atoms with E-state index in [2.05, 4.69) is 5.32 Å². The van der Waals surface area contributed by atoms with Crippen molar-refractivity contribution < 1.29 is 91.3 Å². The average molecular weight is 1120 g/mol. The predicted octanol–water partition coefficient (Wildman–Crippen LogP) is 6.57. The van der Waals surface area contributed by atoms with E-state index in [4.69, 9.17) is 43.0 Å². The first-order valence-corrected chi connectivity index (χ1v) is 27.8. The first-order valence-electron chi connectivity index (χ1n) is 25.3. The van der Waals surface area contributed by atoms with Crippen LogP contribution >= 0.6 is 21.6 Å². The Morgan fingerprint density at radius 3 is 1.95 bits per heavy atom. The highest BCUT2D eigenvalue weighted by Crippen LogP contribution is 2.63. The molecule has 2 bridgehead atoms. The van der Waals surface area contributed by atoms with E-state index in [9.17, 15) is 38.7 Å². The molecule has 418 valence electrons. The number of esters is 5. The van der Waals surface area contributed by atoms with Crippen LogP contribution < -0.4 is 5.32 Å². The van der Waals surface area contributed by atoms with Crippen LogP contribution in [0.5, 0.6) is 0 Å². The Kier molecular flexibility index (Phi) is 19.2. The number of carboxylic acids is 1. The summed E-state index contributed by atoms with van der Waals surface area (Å²) in [4.78, 5) is 122. The fourth-order valence-corrected chi connectivity index (χ4v) is 12.9. The number of Topliss-reactive ketones (excluding diaryl/α,β-unsaturated/α-hetero) is 1. The van der Waals surface area contributed by atoms with Gasteiger partial charge in [-0.2, -0.15) is 0 Å². The van der Waals surface area contributed by atoms with Gasteiger partial charge in [-0.3, -0.25) is 28.8 Å². The number of hydrogen-bond donors (Lipinski definition) is 3. The van der Waals surface area contributed by atoms with E-state index in [1.807, 2.05) is 0 Å². The molecule has 1 heterocycles. The third-order valence-electron chi connectivity index (χ3n) is 14.9. The fraction of sp³-hybridized carbons (Fsp3) is 0.482. The highest BCUT2D eigenvalue weighted by molar-refractivity contribution is 8.76. The van der Waals surface area contributed by atoms with Crippen molar-refractivity contribution in [3.8, 4) is 0 Å². The Hall–Kier alpha value is -6.75. The smallest absolute Gasteiger partial charge is 0.481 e. The Labute approximate surface area is 458 Å². The number of fused-ring (bicyclic) bond motifs is 5. The van der Waals surface area contributed by atoms with Crippen LogP contribution in [0, 0.1) is 22.7 Å². The molecule has 22 heteroatoms. The number of carboxylic acid groups (broad SMARTS) is 1. The molecular formula is C56H63NO19S2. The van der Waals surface area contributed by atoms with Crippen molar-refractivity contribution in [2.45, 2.75) is 115 Å². The summed E-state index contributed by atoms with van der Waals surface area (Å²) in [6.07, 6.45) is -11.3. The Bertz CT molecular complexity index is 2760. The third-order valence-corrected chi connectivity index (χ3v) is 17.3. The van der Waals surface area contributed by atoms with Crippen LogP contribution in [0.2, 0.25) is 0 Å². The van der Waals surface area contributed by atoms with E-state index in [0.29, 0.717) is 11.3 Å². The largest absolute Gasteiger partial charge is 0.509 e. The second-order valence-corrected chi connectivity index (χ2v) is 22.9. The zero-order valence-corrected chi connectivity index (χ0v) is 45.5. The summed E-state index contributed by atoms with van der Waals surface area (Å²) >= 11 is 0. The van der Waals surface area contributed by atoms with Crippen LogP contribution in [0.15, 0.2) is 102 Å². The Balaban J connectivity index is 1.27. The molecule has 2 saturated carbocycles. The molecule has 7 rings (SSSR count). The van der Waals surface area contributed by atoms with Gasteiger partial charge in [0.2, 0.25) is 6.10 Å². The summed E-state index contributed by atoms with van der Waals surface area (Å²) in [7, 11) is 2.56. The summed E-state index contributed by atoms with van der Waals surface area (Å²) in [6, 6.07) is 22.9. The van der Waals surface area contributed by atoms with Crippen molar-refractivity contribution in [1.29, 1.82) is 0 Å². The number of nitrogens with one attached hydrogen (secondary N) is 1. The minimum absolute atomic E-state index is 0.0154. The van der Waals surface area contributed by atoms with Crippen molar-refractivity contribution in [2.75, 3.05) is 31.3 Å². The van der Waals surface area contributed by atoms with Gasteiger partial charge in [-0.05, 0) is 66.7 Å². The molecule has 1 saturated heterocycles. The number of aliphatic carboxylic acids is 1. The molecule has 3 aliphatic carbocycles. The fourth-order valence-electron chi connectivity index (χ4n) is 11.3. The van der Waals surface area contributed by atoms with Gasteiger partial charge in [0, 0.05) is 43.3 Å². The normalized spacial score (nSPS) is 26.5. The Morgan fingerprint density at radius 2 is 1.37 bits per heavy atom. The summed E-state index contributed by atoms with van der Waals surface area (Å²) in [5, 5.41) is 23.8. The number of aliphatic hydroxyl groups excluding tert-OH is 1. The molecule has 3 aromatic rings. The quantitative estimate of drug-likeness (QED) is 0.0334. The lowest BCUT2D eigenvalue weighted by Crippen LogP contribution is -2.79. The van der Waals surface area contributed by atoms with Gasteiger partial charge in [0.05, 0.1) is 42.4 Å². The molecule has 20 nitrogen and oxygen atoms in total. The molecule has 0 spiro atoms. The molecule has 3 N–H and O–H groups in total. The first-order chi connectivity index (χ1) is 37.1. The minimum Gasteiger partial charge on any atom is -0.481 e. The van der Waals surface area contributed by atoms with E-state index in [-0.39, 0.29) is 73.5 Å². The van der Waals surface area contributed by atoms with E-state index in [1.165, 1.54) is 47.6 Å². The van der Waals surface area contributed by atoms with Gasteiger partial charge in [0.1, 0.15) is 37.6 Å². The monoisotopic (exact) mass is 1120 g/mol. The maximum absolute atomic E-state index is 15.8. The van der Waals surface area contributed by atoms with Crippen molar-refractivity contribution >= 4 is 75.2 Å². The standard InChI is InChI=1S/C56H63NO19S2/c1-31-38(73-52(67)47(44(34-16-10-7-11-17-34)57-50(65)35-18-12-8-13-19-35)75-53(68)70-25-27-78-77-26-24-69-42(63)23-22-41(61)62)28-37-45(74-51(66)36-20-14-9-15-21-36)48-55(6,39(60)29-40-56(48,30-71-40)76-33(3)59)49(64)46(72-32(2)58)43(31)54(37,4)5/h7-21,37-40,44-48,60H,22-30H2,1-6H3,(H,57,65)(H,61,62)/t37?,38?,39-,40+,44?,45+,46+,47+,48-,55+,56-/m0/s1. The number of rotatable bonds is 21. The number of hydrogen-bond acceptors (Lipinski definition) is 20. The Morgan fingerprint density at radius 1 is 0.769 bits per heavy atom. The van der Waals surface area contributed by atoms with E-state index in [1.54, 1.807) is 99.6 Å². The summed E-state index contributed by atoms with van der Waals surface area (Å²) in [5.74, 6) is -8.65. The van der Waals surface area contributed by atoms with E-state index in [0.717, 1.165) is 6.92 Å². The summed E-state index contributed by atoms with van der Waals surface area (Å²) in [5.41, 5.74) is -3.80.